The molecule has 1 amide bonds. The first kappa shape index (κ1) is 21.1. The fourth-order valence-electron chi connectivity index (χ4n) is 5.48. The molecular weight excluding hydrogens is 458 g/mol. The lowest BCUT2D eigenvalue weighted by Crippen LogP contribution is -2.47. The number of anilines is 2. The SMILES string of the molecule is NC(=O)C1CCCN(c2nc(N3C4CCC3COC4)c3c(-c4ccccc4Cl)csc3n2)C1. The summed E-state index contributed by atoms with van der Waals surface area (Å²) in [5.41, 5.74) is 7.70. The van der Waals surface area contributed by atoms with Gasteiger partial charge in [-0.2, -0.15) is 4.98 Å². The van der Waals surface area contributed by atoms with Crippen molar-refractivity contribution in [2.24, 2.45) is 11.7 Å². The van der Waals surface area contributed by atoms with Crippen molar-refractivity contribution in [3.8, 4) is 11.1 Å². The highest BCUT2D eigenvalue weighted by atomic mass is 35.5. The number of halogens is 1. The van der Waals surface area contributed by atoms with Gasteiger partial charge in [0.05, 0.1) is 36.6 Å². The molecule has 0 radical (unpaired) electrons. The van der Waals surface area contributed by atoms with Crippen LogP contribution in [0.25, 0.3) is 21.3 Å². The van der Waals surface area contributed by atoms with E-state index in [2.05, 4.69) is 21.2 Å². The van der Waals surface area contributed by atoms with Crippen LogP contribution in [-0.2, 0) is 9.53 Å². The number of benzene rings is 1. The maximum atomic E-state index is 11.9. The second-order valence-electron chi connectivity index (χ2n) is 9.17. The summed E-state index contributed by atoms with van der Waals surface area (Å²) >= 11 is 8.22. The monoisotopic (exact) mass is 483 g/mol. The molecule has 3 aliphatic heterocycles. The smallest absolute Gasteiger partial charge is 0.228 e. The molecule has 2 aromatic heterocycles. The minimum atomic E-state index is -0.246. The number of morpholine rings is 1. The van der Waals surface area contributed by atoms with Gasteiger partial charge < -0.3 is 20.3 Å². The highest BCUT2D eigenvalue weighted by Gasteiger charge is 2.40. The molecule has 3 fully saturated rings. The zero-order chi connectivity index (χ0) is 22.5. The van der Waals surface area contributed by atoms with E-state index >= 15 is 0 Å². The summed E-state index contributed by atoms with van der Waals surface area (Å²) in [5.74, 6) is 1.23. The number of fused-ring (bicyclic) bond motifs is 3. The molecule has 1 aromatic carbocycles. The lowest BCUT2D eigenvalue weighted by Gasteiger charge is -2.37. The summed E-state index contributed by atoms with van der Waals surface area (Å²) in [7, 11) is 0. The van der Waals surface area contributed by atoms with Crippen LogP contribution < -0.4 is 15.5 Å². The van der Waals surface area contributed by atoms with Gasteiger partial charge in [0, 0.05) is 34.6 Å². The number of thiophene rings is 1. The van der Waals surface area contributed by atoms with Crippen LogP contribution in [-0.4, -0.2) is 54.3 Å². The molecule has 2 N–H and O–H groups in total. The van der Waals surface area contributed by atoms with Gasteiger partial charge >= 0.3 is 0 Å². The Balaban J connectivity index is 1.51. The second kappa shape index (κ2) is 8.42. The van der Waals surface area contributed by atoms with Crippen molar-refractivity contribution in [2.75, 3.05) is 36.1 Å². The molecule has 0 aliphatic carbocycles. The molecular formula is C24H26ClN5O2S. The van der Waals surface area contributed by atoms with Crippen LogP contribution in [0.4, 0.5) is 11.8 Å². The van der Waals surface area contributed by atoms with Crippen molar-refractivity contribution in [3.05, 3.63) is 34.7 Å². The van der Waals surface area contributed by atoms with E-state index < -0.39 is 0 Å². The van der Waals surface area contributed by atoms with Gasteiger partial charge in [0.2, 0.25) is 11.9 Å². The third-order valence-electron chi connectivity index (χ3n) is 7.16. The fraction of sp³-hybridized carbons (Fsp3) is 0.458. The number of aromatic nitrogens is 2. The Bertz CT molecular complexity index is 1200. The number of nitrogens with zero attached hydrogens (tertiary/aromatic N) is 4. The van der Waals surface area contributed by atoms with Gasteiger partial charge in [-0.05, 0) is 31.7 Å². The van der Waals surface area contributed by atoms with Gasteiger partial charge in [-0.25, -0.2) is 4.98 Å². The number of ether oxygens (including phenoxy) is 1. The maximum Gasteiger partial charge on any atom is 0.228 e. The first-order valence-electron chi connectivity index (χ1n) is 11.5. The third-order valence-corrected chi connectivity index (χ3v) is 8.36. The molecule has 3 unspecified atom stereocenters. The van der Waals surface area contributed by atoms with Gasteiger partial charge in [-0.3, -0.25) is 4.79 Å². The highest BCUT2D eigenvalue weighted by Crippen LogP contribution is 2.45. The minimum Gasteiger partial charge on any atom is -0.377 e. The minimum absolute atomic E-state index is 0.164. The molecule has 172 valence electrons. The normalized spacial score (nSPS) is 25.1. The number of carbonyl (C=O) groups is 1. The topological polar surface area (TPSA) is 84.6 Å². The van der Waals surface area contributed by atoms with Crippen molar-refractivity contribution in [3.63, 3.8) is 0 Å². The van der Waals surface area contributed by atoms with E-state index in [1.807, 2.05) is 18.2 Å². The van der Waals surface area contributed by atoms with E-state index in [1.165, 1.54) is 0 Å². The molecule has 0 saturated carbocycles. The van der Waals surface area contributed by atoms with Crippen LogP contribution in [0.1, 0.15) is 25.7 Å². The first-order valence-corrected chi connectivity index (χ1v) is 12.8. The van der Waals surface area contributed by atoms with Crippen LogP contribution in [0.3, 0.4) is 0 Å². The number of amides is 1. The highest BCUT2D eigenvalue weighted by molar-refractivity contribution is 7.17. The molecule has 7 nitrogen and oxygen atoms in total. The summed E-state index contributed by atoms with van der Waals surface area (Å²) < 4.78 is 5.86. The zero-order valence-electron chi connectivity index (χ0n) is 18.2. The molecule has 33 heavy (non-hydrogen) atoms. The average molecular weight is 484 g/mol. The zero-order valence-corrected chi connectivity index (χ0v) is 19.8. The van der Waals surface area contributed by atoms with E-state index in [9.17, 15) is 4.79 Å². The van der Waals surface area contributed by atoms with E-state index in [1.54, 1.807) is 11.3 Å². The number of hydrogen-bond acceptors (Lipinski definition) is 7. The van der Waals surface area contributed by atoms with Crippen LogP contribution in [0.15, 0.2) is 29.6 Å². The maximum absolute atomic E-state index is 11.9. The molecule has 3 saturated heterocycles. The van der Waals surface area contributed by atoms with Crippen LogP contribution in [0.5, 0.6) is 0 Å². The van der Waals surface area contributed by atoms with Gasteiger partial charge in [0.1, 0.15) is 10.6 Å². The fourth-order valence-corrected chi connectivity index (χ4v) is 6.65. The number of primary amides is 1. The molecule has 3 atom stereocenters. The Hall–Kier alpha value is -2.42. The quantitative estimate of drug-likeness (QED) is 0.602. The first-order chi connectivity index (χ1) is 16.1. The van der Waals surface area contributed by atoms with E-state index in [0.717, 1.165) is 77.6 Å². The van der Waals surface area contributed by atoms with Crippen molar-refractivity contribution in [1.82, 2.24) is 9.97 Å². The summed E-state index contributed by atoms with van der Waals surface area (Å²) in [6.45, 7) is 2.83. The van der Waals surface area contributed by atoms with Gasteiger partial charge in [-0.1, -0.05) is 29.8 Å². The third kappa shape index (κ3) is 3.64. The predicted octanol–water partition coefficient (Wildman–Crippen LogP) is 4.08. The van der Waals surface area contributed by atoms with E-state index in [4.69, 9.17) is 32.0 Å². The van der Waals surface area contributed by atoms with E-state index in [-0.39, 0.29) is 11.8 Å². The number of rotatable bonds is 4. The molecule has 3 aromatic rings. The number of carbonyl (C=O) groups excluding carboxylic acids is 1. The molecule has 6 rings (SSSR count). The molecule has 9 heteroatoms. The van der Waals surface area contributed by atoms with Gasteiger partial charge in [0.25, 0.3) is 0 Å². The lowest BCUT2D eigenvalue weighted by molar-refractivity contribution is -0.122. The molecule has 2 bridgehead atoms. The van der Waals surface area contributed by atoms with Gasteiger partial charge in [0.15, 0.2) is 0 Å². The standard InChI is InChI=1S/C24H26ClN5O2S/c25-19-6-2-1-5-17(19)18-13-33-23-20(18)22(30-15-7-8-16(30)12-32-11-15)27-24(28-23)29-9-3-4-14(10-29)21(26)31/h1-2,5-6,13-16H,3-4,7-12H2,(H2,26,31). The van der Waals surface area contributed by atoms with Crippen molar-refractivity contribution >= 4 is 50.8 Å². The second-order valence-corrected chi connectivity index (χ2v) is 10.4. The number of nitrogens with two attached hydrogens (primary N) is 1. The van der Waals surface area contributed by atoms with Crippen LogP contribution in [0.2, 0.25) is 5.02 Å². The predicted molar refractivity (Wildman–Crippen MR) is 132 cm³/mol. The molecule has 5 heterocycles. The summed E-state index contributed by atoms with van der Waals surface area (Å²) in [5, 5.41) is 3.91. The average Bonchev–Trinajstić information content (AvgIpc) is 3.36. The summed E-state index contributed by atoms with van der Waals surface area (Å²) in [4.78, 5) is 27.5. The number of piperidine rings is 1. The summed E-state index contributed by atoms with van der Waals surface area (Å²) in [6, 6.07) is 8.56. The largest absolute Gasteiger partial charge is 0.377 e. The van der Waals surface area contributed by atoms with Crippen molar-refractivity contribution < 1.29 is 9.53 Å². The lowest BCUT2D eigenvalue weighted by atomic mass is 9.98. The van der Waals surface area contributed by atoms with Crippen molar-refractivity contribution in [2.45, 2.75) is 37.8 Å². The Morgan fingerprint density at radius 1 is 1.12 bits per heavy atom. The Morgan fingerprint density at radius 2 is 1.91 bits per heavy atom. The van der Waals surface area contributed by atoms with Gasteiger partial charge in [-0.15, -0.1) is 11.3 Å². The molecule has 3 aliphatic rings. The Morgan fingerprint density at radius 3 is 2.67 bits per heavy atom. The van der Waals surface area contributed by atoms with Crippen LogP contribution >= 0.6 is 22.9 Å². The Labute approximate surface area is 201 Å². The van der Waals surface area contributed by atoms with Crippen molar-refractivity contribution in [1.29, 1.82) is 0 Å². The number of hydrogen-bond donors (Lipinski definition) is 1. The van der Waals surface area contributed by atoms with E-state index in [0.29, 0.717) is 24.6 Å². The molecule has 0 spiro atoms. The Kier molecular flexibility index (Phi) is 5.39. The summed E-state index contributed by atoms with van der Waals surface area (Å²) in [6.07, 6.45) is 3.93. The van der Waals surface area contributed by atoms with Crippen LogP contribution in [0, 0.1) is 5.92 Å².